The Hall–Kier alpha value is -1.11. The molecule has 2 aromatic rings. The van der Waals surface area contributed by atoms with Crippen LogP contribution in [-0.2, 0) is 0 Å². The molecule has 5 heteroatoms. The minimum absolute atomic E-state index is 0.0331. The van der Waals surface area contributed by atoms with Crippen molar-refractivity contribution in [2.75, 3.05) is 0 Å². The quantitative estimate of drug-likeness (QED) is 0.796. The fourth-order valence-corrected chi connectivity index (χ4v) is 2.23. The predicted octanol–water partition coefficient (Wildman–Crippen LogP) is 2.61. The molecule has 0 atom stereocenters. The number of fused-ring (bicyclic) bond motifs is 1. The summed E-state index contributed by atoms with van der Waals surface area (Å²) in [6.45, 7) is 0. The zero-order valence-corrected chi connectivity index (χ0v) is 9.00. The maximum absolute atomic E-state index is 13.3. The number of H-pyrrole nitrogens is 1. The molecule has 0 spiro atoms. The first-order valence-corrected chi connectivity index (χ1v) is 4.88. The summed E-state index contributed by atoms with van der Waals surface area (Å²) in [5, 5.41) is 9.14. The van der Waals surface area contributed by atoms with Gasteiger partial charge in [0, 0.05) is 5.39 Å². The van der Waals surface area contributed by atoms with Crippen molar-refractivity contribution in [3.63, 3.8) is 0 Å². The third-order valence-corrected chi connectivity index (χ3v) is 3.00. The number of rotatable bonds is 1. The van der Waals surface area contributed by atoms with Gasteiger partial charge in [-0.1, -0.05) is 6.07 Å². The first kappa shape index (κ1) is 9.45. The average molecular weight is 305 g/mol. The van der Waals surface area contributed by atoms with Crippen LogP contribution in [0.4, 0.5) is 4.39 Å². The lowest BCUT2D eigenvalue weighted by Gasteiger charge is -1.91. The molecule has 0 amide bonds. The third-order valence-electron chi connectivity index (χ3n) is 1.93. The average Bonchev–Trinajstić information content (AvgIpc) is 2.45. The Morgan fingerprint density at radius 3 is 2.79 bits per heavy atom. The topological polar surface area (TPSA) is 53.1 Å². The Bertz CT molecular complexity index is 521. The van der Waals surface area contributed by atoms with Crippen LogP contribution in [0.2, 0.25) is 0 Å². The molecule has 0 radical (unpaired) electrons. The molecule has 2 rings (SSSR count). The molecule has 0 fully saturated rings. The lowest BCUT2D eigenvalue weighted by atomic mass is 10.2. The highest BCUT2D eigenvalue weighted by molar-refractivity contribution is 14.1. The van der Waals surface area contributed by atoms with Crippen molar-refractivity contribution in [1.82, 2.24) is 4.98 Å². The van der Waals surface area contributed by atoms with Gasteiger partial charge in [-0.05, 0) is 34.7 Å². The van der Waals surface area contributed by atoms with E-state index in [2.05, 4.69) is 4.98 Å². The van der Waals surface area contributed by atoms with E-state index in [1.165, 1.54) is 12.1 Å². The Balaban J connectivity index is 2.87. The Morgan fingerprint density at radius 2 is 2.21 bits per heavy atom. The first-order valence-electron chi connectivity index (χ1n) is 3.80. The molecule has 1 heterocycles. The maximum Gasteiger partial charge on any atom is 0.353 e. The van der Waals surface area contributed by atoms with Crippen LogP contribution in [0.3, 0.4) is 0 Å². The van der Waals surface area contributed by atoms with Gasteiger partial charge in [0.2, 0.25) is 0 Å². The molecule has 14 heavy (non-hydrogen) atoms. The lowest BCUT2D eigenvalue weighted by molar-refractivity contribution is 0.0690. The highest BCUT2D eigenvalue weighted by Crippen LogP contribution is 2.26. The van der Waals surface area contributed by atoms with Crippen LogP contribution in [0.1, 0.15) is 10.5 Å². The van der Waals surface area contributed by atoms with E-state index in [1.54, 1.807) is 6.07 Å². The summed E-state index contributed by atoms with van der Waals surface area (Å²) >= 11 is 1.82. The summed E-state index contributed by atoms with van der Waals surface area (Å²) in [6.07, 6.45) is 0. The molecule has 0 saturated heterocycles. The van der Waals surface area contributed by atoms with Crippen molar-refractivity contribution >= 4 is 39.5 Å². The minimum atomic E-state index is -1.08. The molecule has 0 aliphatic rings. The molecule has 0 aliphatic carbocycles. The van der Waals surface area contributed by atoms with Crippen LogP contribution in [0, 0.1) is 9.39 Å². The molecule has 2 N–H and O–H groups in total. The van der Waals surface area contributed by atoms with E-state index in [1.807, 2.05) is 22.6 Å². The fraction of sp³-hybridized carbons (Fsp3) is 0. The van der Waals surface area contributed by atoms with Gasteiger partial charge in [0.15, 0.2) is 0 Å². The molecule has 0 bridgehead atoms. The second-order valence-electron chi connectivity index (χ2n) is 2.78. The number of nitrogens with one attached hydrogen (secondary N) is 1. The van der Waals surface area contributed by atoms with E-state index in [0.717, 1.165) is 0 Å². The molecular formula is C9H5FINO2. The molecule has 0 unspecified atom stereocenters. The van der Waals surface area contributed by atoms with Crippen molar-refractivity contribution in [3.05, 3.63) is 33.3 Å². The first-order chi connectivity index (χ1) is 6.61. The Kier molecular flexibility index (Phi) is 2.18. The third kappa shape index (κ3) is 1.28. The molecule has 1 aromatic carbocycles. The second kappa shape index (κ2) is 3.23. The number of aromatic nitrogens is 1. The van der Waals surface area contributed by atoms with Gasteiger partial charge in [0.05, 0.1) is 9.09 Å². The number of aromatic carboxylic acids is 1. The number of carbonyl (C=O) groups is 1. The number of carboxylic acids is 1. The number of aromatic amines is 1. The molecule has 0 saturated carbocycles. The summed E-state index contributed by atoms with van der Waals surface area (Å²) in [6, 6.07) is 4.49. The van der Waals surface area contributed by atoms with Crippen LogP contribution >= 0.6 is 22.6 Å². The van der Waals surface area contributed by atoms with Gasteiger partial charge in [-0.25, -0.2) is 9.18 Å². The van der Waals surface area contributed by atoms with Crippen LogP contribution in [-0.4, -0.2) is 16.1 Å². The second-order valence-corrected chi connectivity index (χ2v) is 3.86. The fourth-order valence-electron chi connectivity index (χ4n) is 1.31. The van der Waals surface area contributed by atoms with Crippen LogP contribution in [0.5, 0.6) is 0 Å². The van der Waals surface area contributed by atoms with Gasteiger partial charge in [0.25, 0.3) is 0 Å². The Morgan fingerprint density at radius 1 is 1.50 bits per heavy atom. The molecule has 0 aliphatic heterocycles. The molecule has 72 valence electrons. The number of hydrogen-bond donors (Lipinski definition) is 2. The van der Waals surface area contributed by atoms with Gasteiger partial charge in [-0.15, -0.1) is 0 Å². The highest BCUT2D eigenvalue weighted by atomic mass is 127. The number of carboxylic acid groups (broad SMARTS) is 1. The summed E-state index contributed by atoms with van der Waals surface area (Å²) < 4.78 is 13.7. The van der Waals surface area contributed by atoms with Gasteiger partial charge in [-0.2, -0.15) is 0 Å². The summed E-state index contributed by atoms with van der Waals surface area (Å²) in [5.74, 6) is -1.49. The van der Waals surface area contributed by atoms with E-state index in [-0.39, 0.29) is 5.69 Å². The molecular weight excluding hydrogens is 300 g/mol. The van der Waals surface area contributed by atoms with E-state index in [9.17, 15) is 9.18 Å². The zero-order valence-electron chi connectivity index (χ0n) is 6.84. The highest BCUT2D eigenvalue weighted by Gasteiger charge is 2.16. The number of halogens is 2. The van der Waals surface area contributed by atoms with E-state index in [0.29, 0.717) is 14.5 Å². The van der Waals surface area contributed by atoms with Gasteiger partial charge in [-0.3, -0.25) is 0 Å². The minimum Gasteiger partial charge on any atom is -0.477 e. The zero-order chi connectivity index (χ0) is 10.3. The van der Waals surface area contributed by atoms with Crippen molar-refractivity contribution < 1.29 is 14.3 Å². The number of benzene rings is 1. The van der Waals surface area contributed by atoms with Gasteiger partial charge >= 0.3 is 5.97 Å². The smallest absolute Gasteiger partial charge is 0.353 e. The van der Waals surface area contributed by atoms with Crippen molar-refractivity contribution in [3.8, 4) is 0 Å². The van der Waals surface area contributed by atoms with Crippen LogP contribution in [0.15, 0.2) is 18.2 Å². The van der Waals surface area contributed by atoms with Crippen molar-refractivity contribution in [2.45, 2.75) is 0 Å². The van der Waals surface area contributed by atoms with Gasteiger partial charge < -0.3 is 10.1 Å². The summed E-state index contributed by atoms with van der Waals surface area (Å²) in [7, 11) is 0. The monoisotopic (exact) mass is 305 g/mol. The van der Waals surface area contributed by atoms with E-state index >= 15 is 0 Å². The van der Waals surface area contributed by atoms with Gasteiger partial charge in [0.1, 0.15) is 11.5 Å². The predicted molar refractivity (Wildman–Crippen MR) is 57.9 cm³/mol. The van der Waals surface area contributed by atoms with Crippen LogP contribution in [0.25, 0.3) is 10.9 Å². The van der Waals surface area contributed by atoms with Crippen LogP contribution < -0.4 is 0 Å². The normalized spacial score (nSPS) is 10.7. The van der Waals surface area contributed by atoms with Crippen molar-refractivity contribution in [1.29, 1.82) is 0 Å². The largest absolute Gasteiger partial charge is 0.477 e. The summed E-state index contributed by atoms with van der Waals surface area (Å²) in [5.41, 5.74) is 0.539. The van der Waals surface area contributed by atoms with Crippen molar-refractivity contribution in [2.24, 2.45) is 0 Å². The standard InChI is InChI=1S/C9H5FINO2/c10-4-2-1-3-5-6(4)7(11)8(12-5)9(13)14/h1-3,12H,(H,13,14). The maximum atomic E-state index is 13.3. The SMILES string of the molecule is O=C(O)c1[nH]c2cccc(F)c2c1I. The lowest BCUT2D eigenvalue weighted by Crippen LogP contribution is -1.98. The molecule has 1 aromatic heterocycles. The van der Waals surface area contributed by atoms with E-state index in [4.69, 9.17) is 5.11 Å². The molecule has 3 nitrogen and oxygen atoms in total. The van der Waals surface area contributed by atoms with E-state index < -0.39 is 11.8 Å². The Labute approximate surface area is 92.1 Å². The summed E-state index contributed by atoms with van der Waals surface area (Å²) in [4.78, 5) is 13.4. The number of hydrogen-bond acceptors (Lipinski definition) is 1.